The lowest BCUT2D eigenvalue weighted by molar-refractivity contribution is 0.0214. The molecule has 21 heavy (non-hydrogen) atoms. The number of aliphatic hydroxyl groups is 1. The maximum absolute atomic E-state index is 10.7. The fraction of sp³-hybridized carbons (Fsp3) is 0.333. The summed E-state index contributed by atoms with van der Waals surface area (Å²) in [6, 6.07) is 17.8. The lowest BCUT2D eigenvalue weighted by Gasteiger charge is -2.29. The zero-order valence-corrected chi connectivity index (χ0v) is 12.9. The van der Waals surface area contributed by atoms with Crippen molar-refractivity contribution in [3.63, 3.8) is 0 Å². The Hall–Kier alpha value is -1.84. The zero-order chi connectivity index (χ0) is 15.3. The first-order valence-corrected chi connectivity index (χ1v) is 7.10. The van der Waals surface area contributed by atoms with E-state index in [1.807, 2.05) is 68.6 Å². The number of hydrogen-bond acceptors (Lipinski definition) is 3. The molecule has 0 saturated carbocycles. The number of benzene rings is 2. The van der Waals surface area contributed by atoms with Gasteiger partial charge in [-0.2, -0.15) is 0 Å². The topological polar surface area (TPSA) is 32.7 Å². The van der Waals surface area contributed by atoms with Crippen LogP contribution in [-0.2, 0) is 12.1 Å². The molecule has 3 heteroatoms. The monoisotopic (exact) mass is 285 g/mol. The molecule has 2 rings (SSSR count). The lowest BCUT2D eigenvalue weighted by Crippen LogP contribution is -2.36. The van der Waals surface area contributed by atoms with Crippen molar-refractivity contribution in [1.82, 2.24) is 4.90 Å². The van der Waals surface area contributed by atoms with Gasteiger partial charge < -0.3 is 9.84 Å². The Kier molecular flexibility index (Phi) is 4.99. The molecule has 112 valence electrons. The number of methoxy groups -OCH3 is 1. The second-order valence-corrected chi connectivity index (χ2v) is 5.66. The van der Waals surface area contributed by atoms with Gasteiger partial charge in [-0.1, -0.05) is 42.5 Å². The molecule has 2 aromatic rings. The summed E-state index contributed by atoms with van der Waals surface area (Å²) >= 11 is 0. The van der Waals surface area contributed by atoms with Crippen molar-refractivity contribution >= 4 is 0 Å². The van der Waals surface area contributed by atoms with Crippen molar-refractivity contribution < 1.29 is 9.84 Å². The smallest absolute Gasteiger partial charge is 0.118 e. The molecule has 0 saturated heterocycles. The van der Waals surface area contributed by atoms with Crippen LogP contribution < -0.4 is 4.74 Å². The molecule has 0 radical (unpaired) electrons. The van der Waals surface area contributed by atoms with Gasteiger partial charge in [-0.3, -0.25) is 4.90 Å². The summed E-state index contributed by atoms with van der Waals surface area (Å²) in [5.41, 5.74) is 1.27. The Bertz CT molecular complexity index is 549. The first kappa shape index (κ1) is 15.5. The summed E-state index contributed by atoms with van der Waals surface area (Å²) in [7, 11) is 3.68. The van der Waals surface area contributed by atoms with Crippen molar-refractivity contribution in [1.29, 1.82) is 0 Å². The number of nitrogens with zero attached hydrogens (tertiary/aromatic N) is 1. The Balaban J connectivity index is 1.98. The largest absolute Gasteiger partial charge is 0.497 e. The Morgan fingerprint density at radius 3 is 2.24 bits per heavy atom. The molecule has 0 aromatic heterocycles. The molecule has 3 nitrogen and oxygen atoms in total. The van der Waals surface area contributed by atoms with Gasteiger partial charge in [0, 0.05) is 13.1 Å². The van der Waals surface area contributed by atoms with Crippen LogP contribution >= 0.6 is 0 Å². The second kappa shape index (κ2) is 6.74. The normalized spacial score (nSPS) is 14.0. The highest BCUT2D eigenvalue weighted by molar-refractivity contribution is 5.27. The molecule has 0 bridgehead atoms. The van der Waals surface area contributed by atoms with E-state index in [0.717, 1.165) is 17.9 Å². The van der Waals surface area contributed by atoms with Crippen molar-refractivity contribution in [2.75, 3.05) is 20.7 Å². The molecule has 1 unspecified atom stereocenters. The van der Waals surface area contributed by atoms with E-state index in [9.17, 15) is 5.11 Å². The number of likely N-dealkylation sites (N-methyl/N-ethyl adjacent to an activating group) is 1. The number of ether oxygens (including phenoxy) is 1. The fourth-order valence-corrected chi connectivity index (χ4v) is 2.51. The average Bonchev–Trinajstić information content (AvgIpc) is 2.48. The highest BCUT2D eigenvalue weighted by Gasteiger charge is 2.24. The van der Waals surface area contributed by atoms with E-state index in [2.05, 4.69) is 4.90 Å². The van der Waals surface area contributed by atoms with E-state index in [4.69, 9.17) is 4.74 Å². The first-order chi connectivity index (χ1) is 10.0. The second-order valence-electron chi connectivity index (χ2n) is 5.66. The van der Waals surface area contributed by atoms with Crippen LogP contribution in [0.3, 0.4) is 0 Å². The van der Waals surface area contributed by atoms with Gasteiger partial charge in [-0.05, 0) is 37.2 Å². The molecule has 0 amide bonds. The highest BCUT2D eigenvalue weighted by atomic mass is 16.5. The summed E-state index contributed by atoms with van der Waals surface area (Å²) in [5.74, 6) is 0.859. The van der Waals surface area contributed by atoms with Crippen LogP contribution in [-0.4, -0.2) is 30.7 Å². The minimum absolute atomic E-state index is 0.572. The number of hydrogen-bond donors (Lipinski definition) is 1. The number of rotatable bonds is 6. The van der Waals surface area contributed by atoms with Crippen molar-refractivity contribution in [2.24, 2.45) is 0 Å². The first-order valence-electron chi connectivity index (χ1n) is 7.10. The Morgan fingerprint density at radius 1 is 1.05 bits per heavy atom. The van der Waals surface area contributed by atoms with Gasteiger partial charge in [0.15, 0.2) is 0 Å². The van der Waals surface area contributed by atoms with Gasteiger partial charge in [-0.15, -0.1) is 0 Å². The van der Waals surface area contributed by atoms with E-state index >= 15 is 0 Å². The van der Waals surface area contributed by atoms with Gasteiger partial charge in [0.05, 0.1) is 12.7 Å². The lowest BCUT2D eigenvalue weighted by atomic mass is 9.95. The minimum Gasteiger partial charge on any atom is -0.497 e. The van der Waals surface area contributed by atoms with Crippen LogP contribution in [0.15, 0.2) is 54.6 Å². The van der Waals surface area contributed by atoms with Gasteiger partial charge in [0.2, 0.25) is 0 Å². The van der Waals surface area contributed by atoms with E-state index in [1.165, 1.54) is 5.56 Å². The molecule has 0 fully saturated rings. The van der Waals surface area contributed by atoms with Crippen LogP contribution in [0, 0.1) is 0 Å². The molecular formula is C18H23NO2. The summed E-state index contributed by atoms with van der Waals surface area (Å²) in [6.07, 6.45) is 0. The van der Waals surface area contributed by atoms with Crippen molar-refractivity contribution in [3.05, 3.63) is 65.7 Å². The Morgan fingerprint density at radius 2 is 1.67 bits per heavy atom. The van der Waals surface area contributed by atoms with Crippen LogP contribution in [0.5, 0.6) is 5.75 Å². The van der Waals surface area contributed by atoms with E-state index in [-0.39, 0.29) is 0 Å². The standard InChI is InChI=1S/C18H23NO2/c1-18(20,16-7-5-4-6-8-16)14-19(2)13-15-9-11-17(21-3)12-10-15/h4-12,20H,13-14H2,1-3H3. The molecule has 0 heterocycles. The molecule has 2 aromatic carbocycles. The maximum Gasteiger partial charge on any atom is 0.118 e. The van der Waals surface area contributed by atoms with E-state index < -0.39 is 5.60 Å². The van der Waals surface area contributed by atoms with Gasteiger partial charge >= 0.3 is 0 Å². The highest BCUT2D eigenvalue weighted by Crippen LogP contribution is 2.22. The minimum atomic E-state index is -0.859. The van der Waals surface area contributed by atoms with E-state index in [0.29, 0.717) is 6.54 Å². The third kappa shape index (κ3) is 4.31. The molecule has 1 N–H and O–H groups in total. The van der Waals surface area contributed by atoms with Crippen LogP contribution in [0.4, 0.5) is 0 Å². The summed E-state index contributed by atoms with van der Waals surface area (Å²) in [5, 5.41) is 10.7. The quantitative estimate of drug-likeness (QED) is 0.885. The van der Waals surface area contributed by atoms with Gasteiger partial charge in [0.25, 0.3) is 0 Å². The molecule has 0 aliphatic carbocycles. The third-order valence-electron chi connectivity index (χ3n) is 3.59. The summed E-state index contributed by atoms with van der Waals surface area (Å²) in [6.45, 7) is 3.21. The molecule has 0 spiro atoms. The summed E-state index contributed by atoms with van der Waals surface area (Å²) < 4.78 is 5.16. The SMILES string of the molecule is COc1ccc(CN(C)CC(C)(O)c2ccccc2)cc1. The van der Waals surface area contributed by atoms with E-state index in [1.54, 1.807) is 7.11 Å². The predicted molar refractivity (Wildman–Crippen MR) is 85.3 cm³/mol. The van der Waals surface area contributed by atoms with Crippen LogP contribution in [0.2, 0.25) is 0 Å². The fourth-order valence-electron chi connectivity index (χ4n) is 2.51. The third-order valence-corrected chi connectivity index (χ3v) is 3.59. The zero-order valence-electron chi connectivity index (χ0n) is 12.9. The molecule has 0 aliphatic rings. The molecular weight excluding hydrogens is 262 g/mol. The van der Waals surface area contributed by atoms with Crippen molar-refractivity contribution in [3.8, 4) is 5.75 Å². The van der Waals surface area contributed by atoms with Crippen LogP contribution in [0.1, 0.15) is 18.1 Å². The van der Waals surface area contributed by atoms with Crippen LogP contribution in [0.25, 0.3) is 0 Å². The van der Waals surface area contributed by atoms with Crippen molar-refractivity contribution in [2.45, 2.75) is 19.1 Å². The van der Waals surface area contributed by atoms with Gasteiger partial charge in [0.1, 0.15) is 5.75 Å². The Labute approximate surface area is 126 Å². The van der Waals surface area contributed by atoms with Gasteiger partial charge in [-0.25, -0.2) is 0 Å². The predicted octanol–water partition coefficient (Wildman–Crippen LogP) is 3.03. The maximum atomic E-state index is 10.7. The molecule has 0 aliphatic heterocycles. The summed E-state index contributed by atoms with van der Waals surface area (Å²) in [4.78, 5) is 2.12. The average molecular weight is 285 g/mol. The molecule has 1 atom stereocenters.